The molecule has 2 N–H and O–H groups in total. The van der Waals surface area contributed by atoms with Gasteiger partial charge in [-0.3, -0.25) is 19.6 Å². The summed E-state index contributed by atoms with van der Waals surface area (Å²) in [7, 11) is 0. The number of alkyl halides is 2. The fourth-order valence-electron chi connectivity index (χ4n) is 12.8. The summed E-state index contributed by atoms with van der Waals surface area (Å²) < 4.78 is 94.1. The summed E-state index contributed by atoms with van der Waals surface area (Å²) in [5.41, 5.74) is 6.51. The molecule has 0 saturated carbocycles. The average molecular weight is 1650 g/mol. The van der Waals surface area contributed by atoms with Crippen molar-refractivity contribution in [1.29, 1.82) is 0 Å². The molecule has 5 heterocycles. The second kappa shape index (κ2) is 48.9. The van der Waals surface area contributed by atoms with Gasteiger partial charge in [0.1, 0.15) is 95.7 Å². The number of carbonyl (C=O) groups is 8. The molecule has 120 heavy (non-hydrogen) atoms. The number of ether oxygens (including phenoxy) is 12. The van der Waals surface area contributed by atoms with Crippen molar-refractivity contribution in [1.82, 2.24) is 19.6 Å². The second-order valence-electron chi connectivity index (χ2n) is 27.4. The van der Waals surface area contributed by atoms with Gasteiger partial charge in [-0.1, -0.05) is 267 Å². The summed E-state index contributed by atoms with van der Waals surface area (Å²) in [5, 5.41) is 18.4. The van der Waals surface area contributed by atoms with Crippen LogP contribution in [-0.4, -0.2) is 204 Å². The number of aliphatic hydroxyl groups excluding tert-OH is 2. The zero-order valence-corrected chi connectivity index (χ0v) is 66.1. The molecule has 5 saturated heterocycles. The highest BCUT2D eigenvalue weighted by Gasteiger charge is 2.61. The summed E-state index contributed by atoms with van der Waals surface area (Å²) in [6.45, 7) is 14.6. The molecule has 5 fully saturated rings. The van der Waals surface area contributed by atoms with Crippen molar-refractivity contribution in [3.05, 3.63) is 338 Å². The normalized spacial score (nSPS) is 20.7. The lowest BCUT2D eigenvalue weighted by Crippen LogP contribution is -2.47. The Bertz CT molecular complexity index is 4300. The van der Waals surface area contributed by atoms with Crippen LogP contribution in [0.5, 0.6) is 0 Å². The number of aliphatic hydroxyl groups is 2. The third-order valence-electron chi connectivity index (χ3n) is 18.8. The molecule has 5 aliphatic rings. The van der Waals surface area contributed by atoms with Crippen LogP contribution in [-0.2, 0) is 129 Å². The number of esters is 4. The van der Waals surface area contributed by atoms with E-state index >= 15 is 4.39 Å². The molecule has 8 aromatic rings. The van der Waals surface area contributed by atoms with Crippen LogP contribution in [0.2, 0.25) is 0 Å². The number of morpholine rings is 1. The first-order valence-corrected chi connectivity index (χ1v) is 38.7. The highest BCUT2D eigenvalue weighted by Crippen LogP contribution is 2.38. The monoisotopic (exact) mass is 1650 g/mol. The van der Waals surface area contributed by atoms with Crippen LogP contribution in [0.1, 0.15) is 44.5 Å². The fraction of sp³-hybridized carbons (Fsp3) is 0.304. The zero-order valence-electron chi connectivity index (χ0n) is 66.1. The Morgan fingerprint density at radius 3 is 0.925 bits per heavy atom. The fourth-order valence-corrected chi connectivity index (χ4v) is 12.8. The molecular weight excluding hydrogens is 1550 g/mol. The molecule has 13 rings (SSSR count). The van der Waals surface area contributed by atoms with Gasteiger partial charge in [-0.2, -0.15) is 0 Å². The number of rotatable bonds is 30. The van der Waals surface area contributed by atoms with Crippen LogP contribution in [0.15, 0.2) is 293 Å². The number of hydrogen-bond acceptors (Lipinski definition) is 22. The van der Waals surface area contributed by atoms with Gasteiger partial charge >= 0.3 is 48.3 Å². The molecule has 2 unspecified atom stereocenters. The van der Waals surface area contributed by atoms with Crippen LogP contribution < -0.4 is 0 Å². The maximum Gasteiger partial charge on any atom is 0.411 e. The van der Waals surface area contributed by atoms with Crippen LogP contribution >= 0.6 is 0 Å². The van der Waals surface area contributed by atoms with Crippen LogP contribution in [0, 0.1) is 0 Å². The molecule has 8 aromatic carbocycles. The second-order valence-corrected chi connectivity index (χ2v) is 27.4. The van der Waals surface area contributed by atoms with Gasteiger partial charge in [0.2, 0.25) is 0 Å². The maximum absolute atomic E-state index is 15.0. The summed E-state index contributed by atoms with van der Waals surface area (Å²) in [4.78, 5) is 106. The molecule has 5 aliphatic heterocycles. The molecule has 0 bridgehead atoms. The van der Waals surface area contributed by atoms with Crippen molar-refractivity contribution in [3.63, 3.8) is 0 Å². The number of nitrogens with zero attached hydrogens (tertiary/aromatic N) is 4. The van der Waals surface area contributed by atoms with Crippen molar-refractivity contribution in [2.75, 3.05) is 52.6 Å². The van der Waals surface area contributed by atoms with Gasteiger partial charge in [-0.25, -0.2) is 47.1 Å². The van der Waals surface area contributed by atoms with E-state index in [1.165, 1.54) is 29.2 Å². The lowest BCUT2D eigenvalue weighted by molar-refractivity contribution is -0.154. The Kier molecular flexibility index (Phi) is 37.1. The minimum atomic E-state index is -1.74. The van der Waals surface area contributed by atoms with Crippen LogP contribution in [0.3, 0.4) is 0 Å². The smallest absolute Gasteiger partial charge is 0.411 e. The number of likely N-dealkylation sites (tertiary alicyclic amines) is 4. The van der Waals surface area contributed by atoms with Crippen molar-refractivity contribution in [2.45, 2.75) is 126 Å². The van der Waals surface area contributed by atoms with E-state index in [4.69, 9.17) is 61.9 Å². The van der Waals surface area contributed by atoms with Gasteiger partial charge in [0.15, 0.2) is 30.3 Å². The van der Waals surface area contributed by atoms with Gasteiger partial charge in [0.25, 0.3) is 0 Å². The minimum absolute atomic E-state index is 0.00767. The van der Waals surface area contributed by atoms with E-state index in [-0.39, 0.29) is 111 Å². The number of hydrogen-bond donors (Lipinski definition) is 2. The van der Waals surface area contributed by atoms with Gasteiger partial charge in [-0.05, 0) is 44.5 Å². The topological polar surface area (TPSA) is 304 Å². The first-order chi connectivity index (χ1) is 58.4. The van der Waals surface area contributed by atoms with Crippen LogP contribution in [0.25, 0.3) is 0 Å². The van der Waals surface area contributed by atoms with E-state index in [9.17, 15) is 47.9 Å². The Hall–Kier alpha value is -12.7. The maximum atomic E-state index is 15.0. The minimum Gasteiger partial charge on any atom is -0.459 e. The molecule has 26 nitrogen and oxygen atoms in total. The van der Waals surface area contributed by atoms with Gasteiger partial charge in [0, 0.05) is 0 Å². The molecule has 0 spiro atoms. The summed E-state index contributed by atoms with van der Waals surface area (Å²) in [6.07, 6.45) is -4.74. The first-order valence-electron chi connectivity index (χ1n) is 38.7. The van der Waals surface area contributed by atoms with E-state index < -0.39 is 109 Å². The Balaban J connectivity index is 0.000000179. The lowest BCUT2D eigenvalue weighted by Gasteiger charge is -2.25. The van der Waals surface area contributed by atoms with Crippen molar-refractivity contribution < 1.29 is 114 Å². The van der Waals surface area contributed by atoms with E-state index in [2.05, 4.69) is 26.3 Å². The third-order valence-corrected chi connectivity index (χ3v) is 18.8. The number of amides is 4. The lowest BCUT2D eigenvalue weighted by atomic mass is 10.1. The Morgan fingerprint density at radius 1 is 0.342 bits per heavy atom. The van der Waals surface area contributed by atoms with E-state index in [1.807, 2.05) is 194 Å². The van der Waals surface area contributed by atoms with Gasteiger partial charge in [-0.15, -0.1) is 26.3 Å². The molecule has 0 aliphatic carbocycles. The number of fused-ring (bicyclic) bond motifs is 1. The van der Waals surface area contributed by atoms with E-state index in [1.54, 1.807) is 48.5 Å². The zero-order chi connectivity index (χ0) is 85.4. The molecule has 0 aromatic heterocycles. The number of halogens is 2. The summed E-state index contributed by atoms with van der Waals surface area (Å²) in [5.74, 6) is -2.76. The summed E-state index contributed by atoms with van der Waals surface area (Å²) >= 11 is 0. The van der Waals surface area contributed by atoms with Gasteiger partial charge in [0.05, 0.1) is 52.6 Å². The average Bonchev–Trinajstić information content (AvgIpc) is 1.58. The third kappa shape index (κ3) is 28.0. The van der Waals surface area contributed by atoms with Crippen LogP contribution in [0.4, 0.5) is 28.0 Å². The Morgan fingerprint density at radius 2 is 0.600 bits per heavy atom. The summed E-state index contributed by atoms with van der Waals surface area (Å²) in [6, 6.07) is 68.9. The first kappa shape index (κ1) is 91.2. The standard InChI is InChI=1S/2C23H24FNO5.C23H25NO6.C20H19NO5.C3H6O/c1-2-13-28-21-19(24)14-25(23(27)30-16-18-11-7-4-8-12-18)20(21)22(26)29-15-17-9-5-3-6-10-17;1-2-13-28-19-14-25(23(27)30-16-18-11-7-4-8-12-18)21(20(19)24)22(26)29-15-17-9-5-3-6-10-17;1-2-13-28-19-14-24(23(27)30-16-18-11-7-4-8-12-18)20(21(19)25)22(26)29-15-17-9-5-3-6-10-17;22-19(24-12-14-7-3-1-4-8-14)17-18-16(26-18)11-21(17)20(23)25-13-15-9-5-2-6-10-15;1-2-3-4/h2*2-12,19-21H,1,13-16H2;2-12,19-21,25H,1,13-16H2;1-10,16-18H,11-13H2;2,4H,1,3H2/t19-,20-,21+;2*19-,20+,21+;16?,17-,18?;/m0110./s1. The van der Waals surface area contributed by atoms with E-state index in [0.717, 1.165) is 59.2 Å². The highest BCUT2D eigenvalue weighted by molar-refractivity contribution is 5.86. The Labute approximate surface area is 695 Å². The molecular formula is C92H98F2N4O22. The predicted molar refractivity (Wildman–Crippen MR) is 435 cm³/mol. The number of benzene rings is 8. The number of carbonyl (C=O) groups excluding carboxylic acids is 8. The highest BCUT2D eigenvalue weighted by atomic mass is 19.1. The largest absolute Gasteiger partial charge is 0.459 e. The van der Waals surface area contributed by atoms with Crippen molar-refractivity contribution in [2.24, 2.45) is 0 Å². The SMILES string of the molecule is C=CCO.C=CCO[C@@H]1CN(C(=O)OCc2ccccc2)[C@H](C(=O)OCc2ccccc2)[C@H]1F.C=CCO[C@@H]1CN(C(=O)OCc2ccccc2)[C@H](C(=O)OCc2ccccc2)[C@H]1O.C=CCO[C@H]1[C@@H](C(=O)OCc2ccccc2)N(C(=O)OCc2ccccc2)C[C@@H]1F.O=C(OCc1ccccc1)[C@@H]1C2OC2CN1C(=O)OCc1ccccc1. The molecule has 12 atom stereocenters. The van der Waals surface area contributed by atoms with Gasteiger partial charge < -0.3 is 67.1 Å². The number of epoxide rings is 1. The molecule has 632 valence electrons. The molecule has 4 amide bonds. The molecule has 28 heteroatoms. The predicted octanol–water partition coefficient (Wildman–Crippen LogP) is 12.7. The quantitative estimate of drug-likeness (QED) is 0.0183. The van der Waals surface area contributed by atoms with E-state index in [0.29, 0.717) is 6.54 Å². The van der Waals surface area contributed by atoms with Crippen molar-refractivity contribution >= 4 is 48.3 Å². The van der Waals surface area contributed by atoms with Crippen molar-refractivity contribution in [3.8, 4) is 0 Å². The molecule has 0 radical (unpaired) electrons.